The molecule has 0 aliphatic heterocycles. The van der Waals surface area contributed by atoms with Crippen LogP contribution in [-0.2, 0) is 0 Å². The Morgan fingerprint density at radius 1 is 0.476 bits per heavy atom. The van der Waals surface area contributed by atoms with Gasteiger partial charge in [0.1, 0.15) is 6.33 Å². The largest absolute Gasteiger partial charge is 0.249 e. The third kappa shape index (κ3) is 7.59. The number of hydrogen-bond acceptors (Lipinski definition) is 5. The van der Waals surface area contributed by atoms with Gasteiger partial charge >= 0.3 is 0 Å². The van der Waals surface area contributed by atoms with Crippen LogP contribution in [-0.4, -0.2) is 26.4 Å². The van der Waals surface area contributed by atoms with E-state index in [1.807, 2.05) is 13.8 Å². The van der Waals surface area contributed by atoms with Crippen molar-refractivity contribution in [2.75, 3.05) is 0 Å². The molecule has 2 aromatic carbocycles. The zero-order valence-corrected chi connectivity index (χ0v) is 28.6. The Bertz CT molecular complexity index is 1290. The van der Waals surface area contributed by atoms with Gasteiger partial charge in [0, 0.05) is 0 Å². The van der Waals surface area contributed by atoms with E-state index in [9.17, 15) is 0 Å². The first kappa shape index (κ1) is 33.3. The highest BCUT2D eigenvalue weighted by Gasteiger charge is 2.20. The molecule has 0 radical (unpaired) electrons. The van der Waals surface area contributed by atoms with Crippen molar-refractivity contribution in [3.05, 3.63) is 75.6 Å². The highest BCUT2D eigenvalue weighted by molar-refractivity contribution is 6.00. The zero-order valence-electron chi connectivity index (χ0n) is 28.6. The van der Waals surface area contributed by atoms with Crippen LogP contribution in [0.5, 0.6) is 0 Å². The minimum atomic E-state index is 0.350. The summed E-state index contributed by atoms with van der Waals surface area (Å²) in [7, 11) is 0. The van der Waals surface area contributed by atoms with Crippen molar-refractivity contribution in [2.45, 2.75) is 132 Å². The van der Waals surface area contributed by atoms with Crippen molar-refractivity contribution >= 4 is 22.8 Å². The molecule has 42 heavy (non-hydrogen) atoms. The van der Waals surface area contributed by atoms with E-state index in [1.165, 1.54) is 33.4 Å². The van der Waals surface area contributed by atoms with E-state index in [4.69, 9.17) is 15.0 Å². The van der Waals surface area contributed by atoms with Crippen LogP contribution in [0.2, 0.25) is 0 Å². The second-order valence-electron chi connectivity index (χ2n) is 13.6. The van der Waals surface area contributed by atoms with Crippen molar-refractivity contribution in [2.24, 2.45) is 9.98 Å². The van der Waals surface area contributed by atoms with Crippen molar-refractivity contribution < 1.29 is 0 Å². The number of aromatic nitrogens is 3. The molecule has 5 heteroatoms. The van der Waals surface area contributed by atoms with Crippen LogP contribution in [0.1, 0.15) is 177 Å². The lowest BCUT2D eigenvalue weighted by atomic mass is 9.87. The van der Waals surface area contributed by atoms with E-state index in [1.54, 1.807) is 6.33 Å². The van der Waals surface area contributed by atoms with Crippen LogP contribution < -0.4 is 0 Å². The van der Waals surface area contributed by atoms with E-state index in [0.717, 1.165) is 22.8 Å². The molecule has 0 atom stereocenters. The second-order valence-corrected chi connectivity index (χ2v) is 13.6. The summed E-state index contributed by atoms with van der Waals surface area (Å²) in [5.74, 6) is 3.48. The molecule has 0 aliphatic rings. The van der Waals surface area contributed by atoms with E-state index < -0.39 is 0 Å². The predicted octanol–water partition coefficient (Wildman–Crippen LogP) is 10.9. The second kappa shape index (κ2) is 13.8. The number of benzene rings is 2. The zero-order chi connectivity index (χ0) is 31.5. The van der Waals surface area contributed by atoms with Crippen LogP contribution in [0, 0.1) is 0 Å². The fraction of sp³-hybridized carbons (Fsp3) is 0.541. The average molecular weight is 568 g/mol. The summed E-state index contributed by atoms with van der Waals surface area (Å²) < 4.78 is 0. The molecule has 0 N–H and O–H groups in total. The average Bonchev–Trinajstić information content (AvgIpc) is 2.92. The third-order valence-corrected chi connectivity index (χ3v) is 7.98. The van der Waals surface area contributed by atoms with Gasteiger partial charge in [-0.15, -0.1) is 0 Å². The van der Waals surface area contributed by atoms with Crippen LogP contribution in [0.25, 0.3) is 0 Å². The Labute approximate surface area is 255 Å². The summed E-state index contributed by atoms with van der Waals surface area (Å²) in [6.07, 6.45) is 1.58. The molecule has 3 aromatic rings. The van der Waals surface area contributed by atoms with E-state index in [2.05, 4.69) is 117 Å². The van der Waals surface area contributed by atoms with Gasteiger partial charge in [-0.05, 0) is 82.7 Å². The van der Waals surface area contributed by atoms with Crippen LogP contribution in [0.15, 0.2) is 40.6 Å². The molecule has 0 saturated carbocycles. The fourth-order valence-electron chi connectivity index (χ4n) is 5.17. The lowest BCUT2D eigenvalue weighted by Gasteiger charge is -2.21. The summed E-state index contributed by atoms with van der Waals surface area (Å²) in [4.78, 5) is 24.3. The molecule has 0 fully saturated rings. The summed E-state index contributed by atoms with van der Waals surface area (Å²) in [5, 5.41) is 0. The molecule has 226 valence electrons. The Kier molecular flexibility index (Phi) is 11.0. The van der Waals surface area contributed by atoms with Gasteiger partial charge in [-0.25, -0.2) is 24.9 Å². The van der Waals surface area contributed by atoms with E-state index >= 15 is 0 Å². The van der Waals surface area contributed by atoms with Crippen molar-refractivity contribution in [1.82, 2.24) is 15.0 Å². The normalized spacial score (nSPS) is 13.1. The van der Waals surface area contributed by atoms with Gasteiger partial charge in [-0.1, -0.05) is 107 Å². The van der Waals surface area contributed by atoms with E-state index in [-0.39, 0.29) is 0 Å². The summed E-state index contributed by atoms with van der Waals surface area (Å²) in [5.41, 5.74) is 11.4. The molecule has 0 unspecified atom stereocenters. The van der Waals surface area contributed by atoms with Gasteiger partial charge in [-0.3, -0.25) is 0 Å². The highest BCUT2D eigenvalue weighted by atomic mass is 15.0. The van der Waals surface area contributed by atoms with E-state index in [0.29, 0.717) is 47.2 Å². The standard InChI is InChI=1S/C37H53N5/c1-20(2)28-15-30(22(5)6)34(31(16-28)23(7)8)40-26(13)36-38-19-39-37(42-36)27(14)41-35-32(24(9)10)17-29(21(3)4)18-33(35)25(11)12/h15-25H,1-14H3. The monoisotopic (exact) mass is 567 g/mol. The Morgan fingerprint density at radius 3 is 1.00 bits per heavy atom. The van der Waals surface area contributed by atoms with Gasteiger partial charge in [0.15, 0.2) is 11.6 Å². The summed E-state index contributed by atoms with van der Waals surface area (Å²) in [6, 6.07) is 9.30. The number of rotatable bonds is 10. The molecule has 5 nitrogen and oxygen atoms in total. The molecule has 0 saturated heterocycles. The van der Waals surface area contributed by atoms with Crippen molar-refractivity contribution in [3.8, 4) is 0 Å². The maximum atomic E-state index is 5.18. The summed E-state index contributed by atoms with van der Waals surface area (Å²) in [6.45, 7) is 30.9. The van der Waals surface area contributed by atoms with Crippen molar-refractivity contribution in [1.29, 1.82) is 0 Å². The molecule has 0 aliphatic carbocycles. The SMILES string of the molecule is CC(=Nc1c(C(C)C)cc(C(C)C)cc1C(C)C)c1ncnc(C(C)=Nc2c(C(C)C)cc(C(C)C)cc2C(C)C)n1. The third-order valence-electron chi connectivity index (χ3n) is 7.98. The van der Waals surface area contributed by atoms with Gasteiger partial charge in [0.25, 0.3) is 0 Å². The Balaban J connectivity index is 2.15. The predicted molar refractivity (Wildman–Crippen MR) is 181 cm³/mol. The molecule has 0 bridgehead atoms. The van der Waals surface area contributed by atoms with Gasteiger partial charge in [0.05, 0.1) is 22.8 Å². The lowest BCUT2D eigenvalue weighted by Crippen LogP contribution is -2.11. The molecule has 0 amide bonds. The van der Waals surface area contributed by atoms with Crippen LogP contribution in [0.3, 0.4) is 0 Å². The fourth-order valence-corrected chi connectivity index (χ4v) is 5.17. The number of nitrogens with zero attached hydrogens (tertiary/aromatic N) is 5. The topological polar surface area (TPSA) is 63.4 Å². The minimum Gasteiger partial charge on any atom is -0.249 e. The van der Waals surface area contributed by atoms with Gasteiger partial charge < -0.3 is 0 Å². The number of aliphatic imine (C=N–C) groups is 2. The van der Waals surface area contributed by atoms with Crippen LogP contribution >= 0.6 is 0 Å². The summed E-state index contributed by atoms with van der Waals surface area (Å²) >= 11 is 0. The Hall–Kier alpha value is -3.21. The molecule has 3 rings (SSSR count). The molecule has 1 heterocycles. The lowest BCUT2D eigenvalue weighted by molar-refractivity contribution is 0.805. The van der Waals surface area contributed by atoms with Gasteiger partial charge in [-0.2, -0.15) is 0 Å². The maximum absolute atomic E-state index is 5.18. The molecule has 0 spiro atoms. The first-order chi connectivity index (χ1) is 19.6. The maximum Gasteiger partial charge on any atom is 0.177 e. The smallest absolute Gasteiger partial charge is 0.177 e. The number of hydrogen-bond donors (Lipinski definition) is 0. The Morgan fingerprint density at radius 2 is 0.762 bits per heavy atom. The van der Waals surface area contributed by atoms with Gasteiger partial charge in [0.2, 0.25) is 0 Å². The molecular formula is C37H53N5. The molecular weight excluding hydrogens is 514 g/mol. The molecule has 1 aromatic heterocycles. The first-order valence-corrected chi connectivity index (χ1v) is 15.8. The van der Waals surface area contributed by atoms with Crippen LogP contribution in [0.4, 0.5) is 11.4 Å². The highest BCUT2D eigenvalue weighted by Crippen LogP contribution is 2.39. The first-order valence-electron chi connectivity index (χ1n) is 15.8. The quantitative estimate of drug-likeness (QED) is 0.229. The minimum absolute atomic E-state index is 0.350. The van der Waals surface area contributed by atoms with Crippen molar-refractivity contribution in [3.63, 3.8) is 0 Å².